The minimum Gasteiger partial charge on any atom is -0.382 e. The van der Waals surface area contributed by atoms with Crippen LogP contribution in [0.5, 0.6) is 0 Å². The molecule has 1 atom stereocenters. The average molecular weight is 222 g/mol. The van der Waals surface area contributed by atoms with Crippen LogP contribution in [0.15, 0.2) is 24.3 Å². The van der Waals surface area contributed by atoms with Crippen molar-refractivity contribution in [3.05, 3.63) is 35.4 Å². The van der Waals surface area contributed by atoms with Crippen molar-refractivity contribution >= 4 is 0 Å². The number of hydrogen-bond donors (Lipinski definition) is 2. The number of ether oxygens (including phenoxy) is 1. The van der Waals surface area contributed by atoms with Crippen molar-refractivity contribution in [2.75, 3.05) is 13.2 Å². The van der Waals surface area contributed by atoms with Gasteiger partial charge in [-0.2, -0.15) is 0 Å². The third kappa shape index (κ3) is 3.93. The van der Waals surface area contributed by atoms with Gasteiger partial charge in [-0.1, -0.05) is 24.3 Å². The number of benzene rings is 1. The molecule has 90 valence electrons. The molecule has 0 aliphatic carbocycles. The fraction of sp³-hybridized carbons (Fsp3) is 0.538. The van der Waals surface area contributed by atoms with Crippen LogP contribution in [-0.2, 0) is 4.74 Å². The lowest BCUT2D eigenvalue weighted by atomic mass is 9.98. The minimum absolute atomic E-state index is 0.224. The molecule has 3 heteroatoms. The lowest BCUT2D eigenvalue weighted by Gasteiger charge is -2.18. The van der Waals surface area contributed by atoms with Gasteiger partial charge in [0, 0.05) is 19.3 Å². The van der Waals surface area contributed by atoms with Crippen LogP contribution < -0.4 is 11.3 Å². The van der Waals surface area contributed by atoms with E-state index in [0.29, 0.717) is 0 Å². The van der Waals surface area contributed by atoms with Gasteiger partial charge < -0.3 is 4.74 Å². The third-order valence-electron chi connectivity index (χ3n) is 2.75. The van der Waals surface area contributed by atoms with Crippen molar-refractivity contribution in [3.63, 3.8) is 0 Å². The summed E-state index contributed by atoms with van der Waals surface area (Å²) in [5.41, 5.74) is 5.44. The second-order valence-corrected chi connectivity index (χ2v) is 3.91. The molecule has 0 saturated carbocycles. The number of hydrazine groups is 1. The number of rotatable bonds is 7. The smallest absolute Gasteiger partial charge is 0.0466 e. The summed E-state index contributed by atoms with van der Waals surface area (Å²) in [6.45, 7) is 5.72. The molecule has 16 heavy (non-hydrogen) atoms. The molecule has 0 bridgehead atoms. The van der Waals surface area contributed by atoms with Crippen molar-refractivity contribution in [3.8, 4) is 0 Å². The van der Waals surface area contributed by atoms with E-state index in [1.165, 1.54) is 11.1 Å². The normalized spacial score (nSPS) is 12.7. The Labute approximate surface area is 98.0 Å². The average Bonchev–Trinajstić information content (AvgIpc) is 2.31. The van der Waals surface area contributed by atoms with Gasteiger partial charge in [-0.25, -0.2) is 0 Å². The summed E-state index contributed by atoms with van der Waals surface area (Å²) in [6.07, 6.45) is 2.03. The van der Waals surface area contributed by atoms with E-state index in [1.54, 1.807) is 0 Å². The first-order chi connectivity index (χ1) is 7.79. The lowest BCUT2D eigenvalue weighted by molar-refractivity contribution is 0.141. The molecule has 0 aromatic heterocycles. The van der Waals surface area contributed by atoms with E-state index in [-0.39, 0.29) is 6.04 Å². The van der Waals surface area contributed by atoms with Gasteiger partial charge in [0.15, 0.2) is 0 Å². The van der Waals surface area contributed by atoms with Gasteiger partial charge in [-0.3, -0.25) is 11.3 Å². The summed E-state index contributed by atoms with van der Waals surface area (Å²) in [4.78, 5) is 0. The Kier molecular flexibility index (Phi) is 6.08. The molecular weight excluding hydrogens is 200 g/mol. The van der Waals surface area contributed by atoms with E-state index >= 15 is 0 Å². The van der Waals surface area contributed by atoms with Crippen LogP contribution in [0.3, 0.4) is 0 Å². The Balaban J connectivity index is 2.51. The van der Waals surface area contributed by atoms with E-state index < -0.39 is 0 Å². The molecule has 0 heterocycles. The van der Waals surface area contributed by atoms with Gasteiger partial charge in [0.2, 0.25) is 0 Å². The predicted octanol–water partition coefficient (Wildman–Crippen LogP) is 2.32. The SMILES string of the molecule is CCOCCCC(NN)c1ccccc1C. The zero-order valence-corrected chi connectivity index (χ0v) is 10.2. The second kappa shape index (κ2) is 7.39. The summed E-state index contributed by atoms with van der Waals surface area (Å²) in [5, 5.41) is 0. The standard InChI is InChI=1S/C13H22N2O/c1-3-16-10-6-9-13(15-14)12-8-5-4-7-11(12)2/h4-5,7-8,13,15H,3,6,9-10,14H2,1-2H3. The fourth-order valence-electron chi connectivity index (χ4n) is 1.84. The predicted molar refractivity (Wildman–Crippen MR) is 67.0 cm³/mol. The van der Waals surface area contributed by atoms with Gasteiger partial charge in [0.25, 0.3) is 0 Å². The molecule has 1 aromatic carbocycles. The summed E-state index contributed by atoms with van der Waals surface area (Å²) in [5.74, 6) is 5.60. The van der Waals surface area contributed by atoms with Crippen LogP contribution >= 0.6 is 0 Å². The molecule has 0 saturated heterocycles. The van der Waals surface area contributed by atoms with Crippen LogP contribution in [0.25, 0.3) is 0 Å². The Morgan fingerprint density at radius 1 is 1.38 bits per heavy atom. The lowest BCUT2D eigenvalue weighted by Crippen LogP contribution is -2.28. The summed E-state index contributed by atoms with van der Waals surface area (Å²) >= 11 is 0. The van der Waals surface area contributed by atoms with Gasteiger partial charge in [0.05, 0.1) is 0 Å². The molecular formula is C13H22N2O. The highest BCUT2D eigenvalue weighted by molar-refractivity contribution is 5.28. The maximum absolute atomic E-state index is 5.60. The molecule has 0 aliphatic rings. The zero-order chi connectivity index (χ0) is 11.8. The topological polar surface area (TPSA) is 47.3 Å². The molecule has 1 rings (SSSR count). The molecule has 3 nitrogen and oxygen atoms in total. The van der Waals surface area contributed by atoms with Crippen LogP contribution in [-0.4, -0.2) is 13.2 Å². The largest absolute Gasteiger partial charge is 0.382 e. The number of aryl methyl sites for hydroxylation is 1. The molecule has 0 radical (unpaired) electrons. The first-order valence-corrected chi connectivity index (χ1v) is 5.89. The van der Waals surface area contributed by atoms with Crippen molar-refractivity contribution < 1.29 is 4.74 Å². The quantitative estimate of drug-likeness (QED) is 0.423. The first-order valence-electron chi connectivity index (χ1n) is 5.89. The molecule has 1 aromatic rings. The van der Waals surface area contributed by atoms with Crippen molar-refractivity contribution in [1.82, 2.24) is 5.43 Å². The van der Waals surface area contributed by atoms with E-state index in [9.17, 15) is 0 Å². The Morgan fingerprint density at radius 2 is 2.12 bits per heavy atom. The molecule has 3 N–H and O–H groups in total. The van der Waals surface area contributed by atoms with E-state index in [1.807, 2.05) is 13.0 Å². The summed E-state index contributed by atoms with van der Waals surface area (Å²) < 4.78 is 5.33. The number of nitrogens with one attached hydrogen (secondary N) is 1. The summed E-state index contributed by atoms with van der Waals surface area (Å²) in [7, 11) is 0. The van der Waals surface area contributed by atoms with Crippen molar-refractivity contribution in [2.45, 2.75) is 32.7 Å². The zero-order valence-electron chi connectivity index (χ0n) is 10.2. The van der Waals surface area contributed by atoms with Crippen LogP contribution in [0.1, 0.15) is 36.9 Å². The van der Waals surface area contributed by atoms with Gasteiger partial charge in [-0.15, -0.1) is 0 Å². The minimum atomic E-state index is 0.224. The summed E-state index contributed by atoms with van der Waals surface area (Å²) in [6, 6.07) is 8.56. The van der Waals surface area contributed by atoms with E-state index in [0.717, 1.165) is 26.1 Å². The highest BCUT2D eigenvalue weighted by Gasteiger charge is 2.10. The monoisotopic (exact) mass is 222 g/mol. The van der Waals surface area contributed by atoms with Crippen LogP contribution in [0, 0.1) is 6.92 Å². The van der Waals surface area contributed by atoms with E-state index in [2.05, 4.69) is 30.5 Å². The van der Waals surface area contributed by atoms with E-state index in [4.69, 9.17) is 10.6 Å². The first kappa shape index (κ1) is 13.2. The highest BCUT2D eigenvalue weighted by Crippen LogP contribution is 2.20. The number of hydrogen-bond acceptors (Lipinski definition) is 3. The maximum atomic E-state index is 5.60. The fourth-order valence-corrected chi connectivity index (χ4v) is 1.84. The molecule has 0 spiro atoms. The Bertz CT molecular complexity index is 302. The second-order valence-electron chi connectivity index (χ2n) is 3.91. The molecule has 1 unspecified atom stereocenters. The van der Waals surface area contributed by atoms with Gasteiger partial charge in [0.1, 0.15) is 0 Å². The van der Waals surface area contributed by atoms with Gasteiger partial charge in [-0.05, 0) is 37.8 Å². The molecule has 0 aliphatic heterocycles. The molecule has 0 amide bonds. The maximum Gasteiger partial charge on any atom is 0.0466 e. The van der Waals surface area contributed by atoms with Crippen LogP contribution in [0.2, 0.25) is 0 Å². The highest BCUT2D eigenvalue weighted by atomic mass is 16.5. The molecule has 0 fully saturated rings. The Hall–Kier alpha value is -0.900. The Morgan fingerprint density at radius 3 is 2.75 bits per heavy atom. The third-order valence-corrected chi connectivity index (χ3v) is 2.75. The van der Waals surface area contributed by atoms with Crippen molar-refractivity contribution in [2.24, 2.45) is 5.84 Å². The number of nitrogens with two attached hydrogens (primary N) is 1. The van der Waals surface area contributed by atoms with Crippen molar-refractivity contribution in [1.29, 1.82) is 0 Å². The van der Waals surface area contributed by atoms with Gasteiger partial charge >= 0.3 is 0 Å². The van der Waals surface area contributed by atoms with Crippen LogP contribution in [0.4, 0.5) is 0 Å².